The first-order valence-electron chi connectivity index (χ1n) is 5.44. The first kappa shape index (κ1) is 14.7. The van der Waals surface area contributed by atoms with Gasteiger partial charge in [0.05, 0.1) is 12.7 Å². The van der Waals surface area contributed by atoms with Gasteiger partial charge in [-0.05, 0) is 20.8 Å². The fourth-order valence-corrected chi connectivity index (χ4v) is 2.85. The first-order valence-corrected chi connectivity index (χ1v) is 6.92. The fourth-order valence-electron chi connectivity index (χ4n) is 1.48. The molecule has 0 amide bonds. The third-order valence-electron chi connectivity index (χ3n) is 2.25. The van der Waals surface area contributed by atoms with Crippen molar-refractivity contribution in [2.45, 2.75) is 44.3 Å². The van der Waals surface area contributed by atoms with Gasteiger partial charge in [-0.3, -0.25) is 4.79 Å². The molecule has 0 aromatic carbocycles. The topological polar surface area (TPSA) is 101 Å². The number of hydrogen-bond acceptors (Lipinski definition) is 4. The van der Waals surface area contributed by atoms with E-state index in [0.717, 1.165) is 0 Å². The second-order valence-electron chi connectivity index (χ2n) is 4.60. The van der Waals surface area contributed by atoms with Crippen molar-refractivity contribution < 1.29 is 18.3 Å². The molecule has 102 valence electrons. The molecule has 1 aromatic heterocycles. The average Bonchev–Trinajstić information content (AvgIpc) is 2.61. The molecular weight excluding hydrogens is 258 g/mol. The average molecular weight is 275 g/mol. The molecule has 18 heavy (non-hydrogen) atoms. The number of carboxylic acid groups (broad SMARTS) is 1. The zero-order valence-electron chi connectivity index (χ0n) is 10.5. The van der Waals surface area contributed by atoms with Crippen LogP contribution in [0.3, 0.4) is 0 Å². The lowest BCUT2D eigenvalue weighted by Gasteiger charge is -2.23. The minimum atomic E-state index is -3.80. The van der Waals surface area contributed by atoms with E-state index in [0.29, 0.717) is 6.54 Å². The maximum absolute atomic E-state index is 12.0. The Morgan fingerprint density at radius 1 is 1.56 bits per heavy atom. The summed E-state index contributed by atoms with van der Waals surface area (Å²) < 4.78 is 27.9. The molecule has 0 unspecified atom stereocenters. The number of carboxylic acids is 1. The molecule has 0 spiro atoms. The van der Waals surface area contributed by atoms with Crippen molar-refractivity contribution in [2.24, 2.45) is 0 Å². The van der Waals surface area contributed by atoms with Crippen LogP contribution in [-0.2, 0) is 21.4 Å². The smallest absolute Gasteiger partial charge is 0.305 e. The predicted octanol–water partition coefficient (Wildman–Crippen LogP) is 0.435. The largest absolute Gasteiger partial charge is 0.481 e. The molecule has 1 heterocycles. The van der Waals surface area contributed by atoms with Crippen molar-refractivity contribution >= 4 is 16.0 Å². The van der Waals surface area contributed by atoms with Crippen LogP contribution in [0.5, 0.6) is 0 Å². The highest BCUT2D eigenvalue weighted by Gasteiger charge is 2.29. The minimum Gasteiger partial charge on any atom is -0.481 e. The SMILES string of the molecule is CCn1cnc(S(=O)(=O)NC(C)(C)CC(=O)O)c1. The lowest BCUT2D eigenvalue weighted by Crippen LogP contribution is -2.44. The molecule has 0 saturated heterocycles. The van der Waals surface area contributed by atoms with E-state index in [1.165, 1.54) is 26.4 Å². The zero-order valence-corrected chi connectivity index (χ0v) is 11.4. The van der Waals surface area contributed by atoms with Crippen LogP contribution in [0.15, 0.2) is 17.6 Å². The van der Waals surface area contributed by atoms with Crippen molar-refractivity contribution in [3.8, 4) is 0 Å². The van der Waals surface area contributed by atoms with Gasteiger partial charge in [-0.15, -0.1) is 0 Å². The Morgan fingerprint density at radius 3 is 2.61 bits per heavy atom. The first-order chi connectivity index (χ1) is 8.16. The van der Waals surface area contributed by atoms with Gasteiger partial charge < -0.3 is 9.67 Å². The summed E-state index contributed by atoms with van der Waals surface area (Å²) in [5, 5.41) is 8.60. The molecular formula is C10H17N3O4S. The molecule has 0 aliphatic heterocycles. The second-order valence-corrected chi connectivity index (χ2v) is 6.23. The van der Waals surface area contributed by atoms with E-state index in [1.807, 2.05) is 6.92 Å². The van der Waals surface area contributed by atoms with E-state index in [1.54, 1.807) is 4.57 Å². The standard InChI is InChI=1S/C10H17N3O4S/c1-4-13-6-8(11-7-13)18(16,17)12-10(2,3)5-9(14)15/h6-7,12H,4-5H2,1-3H3,(H,14,15). The van der Waals surface area contributed by atoms with Gasteiger partial charge in [0.25, 0.3) is 10.0 Å². The number of rotatable bonds is 6. The molecule has 0 bridgehead atoms. The summed E-state index contributed by atoms with van der Waals surface area (Å²) in [6, 6.07) is 0. The van der Waals surface area contributed by atoms with Gasteiger partial charge in [-0.2, -0.15) is 0 Å². The van der Waals surface area contributed by atoms with E-state index in [4.69, 9.17) is 5.11 Å². The molecule has 8 heteroatoms. The Hall–Kier alpha value is -1.41. The Kier molecular flexibility index (Phi) is 4.12. The van der Waals surface area contributed by atoms with Gasteiger partial charge >= 0.3 is 5.97 Å². The molecule has 1 aromatic rings. The maximum Gasteiger partial charge on any atom is 0.305 e. The van der Waals surface area contributed by atoms with Crippen LogP contribution in [0.4, 0.5) is 0 Å². The van der Waals surface area contributed by atoms with Gasteiger partial charge in [0, 0.05) is 18.3 Å². The number of aliphatic carboxylic acids is 1. The fraction of sp³-hybridized carbons (Fsp3) is 0.600. The monoisotopic (exact) mass is 275 g/mol. The number of hydrogen-bond donors (Lipinski definition) is 2. The number of carbonyl (C=O) groups is 1. The summed E-state index contributed by atoms with van der Waals surface area (Å²) in [6.45, 7) is 5.49. The number of imidazole rings is 1. The van der Waals surface area contributed by atoms with Gasteiger partial charge in [0.2, 0.25) is 0 Å². The van der Waals surface area contributed by atoms with E-state index >= 15 is 0 Å². The highest BCUT2D eigenvalue weighted by molar-refractivity contribution is 7.89. The van der Waals surface area contributed by atoms with Crippen LogP contribution in [0.1, 0.15) is 27.2 Å². The van der Waals surface area contributed by atoms with Crippen molar-refractivity contribution in [3.05, 3.63) is 12.5 Å². The van der Waals surface area contributed by atoms with Gasteiger partial charge in [0.15, 0.2) is 5.03 Å². The number of aromatic nitrogens is 2. The molecule has 1 rings (SSSR count). The normalized spacial score (nSPS) is 12.6. The molecule has 0 atom stereocenters. The predicted molar refractivity (Wildman–Crippen MR) is 64.6 cm³/mol. The summed E-state index contributed by atoms with van der Waals surface area (Å²) in [6.07, 6.45) is 2.51. The molecule has 0 aliphatic rings. The van der Waals surface area contributed by atoms with Crippen LogP contribution in [0.25, 0.3) is 0 Å². The summed E-state index contributed by atoms with van der Waals surface area (Å²) in [5.41, 5.74) is -1.07. The van der Waals surface area contributed by atoms with Crippen LogP contribution >= 0.6 is 0 Å². The quantitative estimate of drug-likeness (QED) is 0.784. The molecule has 7 nitrogen and oxygen atoms in total. The van der Waals surface area contributed by atoms with Gasteiger partial charge in [0.1, 0.15) is 0 Å². The number of nitrogens with zero attached hydrogens (tertiary/aromatic N) is 2. The van der Waals surface area contributed by atoms with Crippen molar-refractivity contribution in [3.63, 3.8) is 0 Å². The summed E-state index contributed by atoms with van der Waals surface area (Å²) >= 11 is 0. The van der Waals surface area contributed by atoms with E-state index < -0.39 is 21.5 Å². The highest BCUT2D eigenvalue weighted by Crippen LogP contribution is 2.14. The Balaban J connectivity index is 2.91. The Bertz CT molecular complexity index is 533. The molecule has 2 N–H and O–H groups in total. The van der Waals surface area contributed by atoms with Crippen LogP contribution < -0.4 is 4.72 Å². The number of nitrogens with one attached hydrogen (secondary N) is 1. The summed E-state index contributed by atoms with van der Waals surface area (Å²) in [7, 11) is -3.80. The molecule has 0 fully saturated rings. The lowest BCUT2D eigenvalue weighted by atomic mass is 10.0. The number of aryl methyl sites for hydroxylation is 1. The van der Waals surface area contributed by atoms with E-state index in [-0.39, 0.29) is 11.4 Å². The molecule has 0 aliphatic carbocycles. The van der Waals surface area contributed by atoms with Crippen LogP contribution in [0, 0.1) is 0 Å². The van der Waals surface area contributed by atoms with Crippen LogP contribution in [-0.4, -0.2) is 34.6 Å². The molecule has 0 radical (unpaired) electrons. The lowest BCUT2D eigenvalue weighted by molar-refractivity contribution is -0.138. The zero-order chi connectivity index (χ0) is 14.0. The van der Waals surface area contributed by atoms with Crippen molar-refractivity contribution in [1.29, 1.82) is 0 Å². The number of sulfonamides is 1. The minimum absolute atomic E-state index is 0.109. The van der Waals surface area contributed by atoms with E-state index in [2.05, 4.69) is 9.71 Å². The Morgan fingerprint density at radius 2 is 2.17 bits per heavy atom. The summed E-state index contributed by atoms with van der Waals surface area (Å²) in [5.74, 6) is -1.07. The van der Waals surface area contributed by atoms with Gasteiger partial charge in [-0.1, -0.05) is 0 Å². The maximum atomic E-state index is 12.0. The third kappa shape index (κ3) is 3.81. The van der Waals surface area contributed by atoms with Gasteiger partial charge in [-0.25, -0.2) is 18.1 Å². The van der Waals surface area contributed by atoms with Crippen molar-refractivity contribution in [2.75, 3.05) is 0 Å². The third-order valence-corrected chi connectivity index (χ3v) is 3.84. The van der Waals surface area contributed by atoms with Crippen molar-refractivity contribution in [1.82, 2.24) is 14.3 Å². The van der Waals surface area contributed by atoms with Crippen LogP contribution in [0.2, 0.25) is 0 Å². The summed E-state index contributed by atoms with van der Waals surface area (Å²) in [4.78, 5) is 14.4. The van der Waals surface area contributed by atoms with E-state index in [9.17, 15) is 13.2 Å². The Labute approximate surface area is 106 Å². The highest BCUT2D eigenvalue weighted by atomic mass is 32.2. The second kappa shape index (κ2) is 5.07. The molecule has 0 saturated carbocycles.